The van der Waals surface area contributed by atoms with E-state index in [0.717, 1.165) is 0 Å². The highest BCUT2D eigenvalue weighted by atomic mass is 32.2. The Balaban J connectivity index is 4.39. The number of carbonyl (C=O) groups is 1. The SMILES string of the molecule is CCNC(=O)CN(C)[C@H](C)[C@H](C)S(C)(=O)=O. The summed E-state index contributed by atoms with van der Waals surface area (Å²) >= 11 is 0. The highest BCUT2D eigenvalue weighted by molar-refractivity contribution is 7.91. The summed E-state index contributed by atoms with van der Waals surface area (Å²) in [7, 11) is -1.32. The molecule has 0 fully saturated rings. The molecule has 6 heteroatoms. The van der Waals surface area contributed by atoms with Gasteiger partial charge in [0, 0.05) is 18.8 Å². The highest BCUT2D eigenvalue weighted by Crippen LogP contribution is 2.09. The number of nitrogens with one attached hydrogen (secondary N) is 1. The lowest BCUT2D eigenvalue weighted by atomic mass is 10.2. The lowest BCUT2D eigenvalue weighted by Gasteiger charge is -2.28. The number of hydrogen-bond donors (Lipinski definition) is 1. The largest absolute Gasteiger partial charge is 0.355 e. The number of amides is 1. The molecule has 1 amide bonds. The Bertz CT molecular complexity index is 327. The molecule has 0 spiro atoms. The summed E-state index contributed by atoms with van der Waals surface area (Å²) in [4.78, 5) is 13.1. The summed E-state index contributed by atoms with van der Waals surface area (Å²) in [6.45, 7) is 6.12. The zero-order valence-corrected chi connectivity index (χ0v) is 11.5. The van der Waals surface area contributed by atoms with Crippen molar-refractivity contribution >= 4 is 15.7 Å². The molecule has 0 aromatic rings. The Labute approximate surface area is 98.1 Å². The lowest BCUT2D eigenvalue weighted by molar-refractivity contribution is -0.122. The number of hydrogen-bond acceptors (Lipinski definition) is 4. The molecule has 0 bridgehead atoms. The number of rotatable bonds is 6. The van der Waals surface area contributed by atoms with Gasteiger partial charge in [0.1, 0.15) is 0 Å². The first kappa shape index (κ1) is 15.4. The molecule has 0 aliphatic carbocycles. The average Bonchev–Trinajstić information content (AvgIpc) is 2.14. The van der Waals surface area contributed by atoms with Gasteiger partial charge in [0.2, 0.25) is 5.91 Å². The van der Waals surface area contributed by atoms with Crippen LogP contribution in [0.4, 0.5) is 0 Å². The highest BCUT2D eigenvalue weighted by Gasteiger charge is 2.26. The molecule has 96 valence electrons. The predicted molar refractivity (Wildman–Crippen MR) is 65.1 cm³/mol. The first-order valence-electron chi connectivity index (χ1n) is 5.36. The van der Waals surface area contributed by atoms with Gasteiger partial charge in [-0.1, -0.05) is 0 Å². The Morgan fingerprint density at radius 3 is 2.25 bits per heavy atom. The Morgan fingerprint density at radius 2 is 1.88 bits per heavy atom. The van der Waals surface area contributed by atoms with Gasteiger partial charge in [0.05, 0.1) is 11.8 Å². The van der Waals surface area contributed by atoms with E-state index < -0.39 is 15.1 Å². The van der Waals surface area contributed by atoms with Crippen LogP contribution >= 0.6 is 0 Å². The minimum absolute atomic E-state index is 0.0856. The first-order valence-corrected chi connectivity index (χ1v) is 7.31. The van der Waals surface area contributed by atoms with Crippen LogP contribution in [0.5, 0.6) is 0 Å². The van der Waals surface area contributed by atoms with Crippen LogP contribution in [-0.2, 0) is 14.6 Å². The molecule has 1 N–H and O–H groups in total. The van der Waals surface area contributed by atoms with E-state index in [0.29, 0.717) is 6.54 Å². The van der Waals surface area contributed by atoms with E-state index in [1.807, 2.05) is 13.8 Å². The van der Waals surface area contributed by atoms with Crippen molar-refractivity contribution in [3.63, 3.8) is 0 Å². The fourth-order valence-corrected chi connectivity index (χ4v) is 2.26. The molecule has 0 heterocycles. The molecular formula is C10H22N2O3S. The molecule has 0 unspecified atom stereocenters. The molecule has 0 radical (unpaired) electrons. The Hall–Kier alpha value is -0.620. The average molecular weight is 250 g/mol. The molecule has 0 aliphatic rings. The van der Waals surface area contributed by atoms with E-state index >= 15 is 0 Å². The summed E-state index contributed by atoms with van der Waals surface area (Å²) in [6.07, 6.45) is 1.22. The summed E-state index contributed by atoms with van der Waals surface area (Å²) in [6, 6.07) is -0.183. The normalized spacial score (nSPS) is 15.9. The van der Waals surface area contributed by atoms with E-state index in [4.69, 9.17) is 0 Å². The maximum absolute atomic E-state index is 11.4. The van der Waals surface area contributed by atoms with E-state index in [1.54, 1.807) is 18.9 Å². The smallest absolute Gasteiger partial charge is 0.234 e. The fraction of sp³-hybridized carbons (Fsp3) is 0.900. The third-order valence-corrected chi connectivity index (χ3v) is 4.56. The van der Waals surface area contributed by atoms with Gasteiger partial charge >= 0.3 is 0 Å². The van der Waals surface area contributed by atoms with Gasteiger partial charge in [-0.25, -0.2) is 8.42 Å². The van der Waals surface area contributed by atoms with Crippen LogP contribution in [0.25, 0.3) is 0 Å². The van der Waals surface area contributed by atoms with Crippen LogP contribution in [0.15, 0.2) is 0 Å². The van der Waals surface area contributed by atoms with Gasteiger partial charge in [-0.2, -0.15) is 0 Å². The van der Waals surface area contributed by atoms with Crippen LogP contribution in [-0.4, -0.2) is 56.9 Å². The lowest BCUT2D eigenvalue weighted by Crippen LogP contribution is -2.45. The van der Waals surface area contributed by atoms with E-state index in [2.05, 4.69) is 5.32 Å². The van der Waals surface area contributed by atoms with Crippen molar-refractivity contribution in [1.29, 1.82) is 0 Å². The molecule has 16 heavy (non-hydrogen) atoms. The van der Waals surface area contributed by atoms with Crippen molar-refractivity contribution in [1.82, 2.24) is 10.2 Å². The number of likely N-dealkylation sites (N-methyl/N-ethyl adjacent to an activating group) is 2. The quantitative estimate of drug-likeness (QED) is 0.713. The second-order valence-corrected chi connectivity index (χ2v) is 6.55. The van der Waals surface area contributed by atoms with Gasteiger partial charge in [-0.3, -0.25) is 9.69 Å². The second-order valence-electron chi connectivity index (χ2n) is 4.14. The van der Waals surface area contributed by atoms with Crippen molar-refractivity contribution in [3.05, 3.63) is 0 Å². The Kier molecular flexibility index (Phi) is 5.96. The summed E-state index contributed by atoms with van der Waals surface area (Å²) < 4.78 is 22.7. The van der Waals surface area contributed by atoms with Gasteiger partial charge in [-0.15, -0.1) is 0 Å². The van der Waals surface area contributed by atoms with E-state index in [9.17, 15) is 13.2 Å². The molecule has 0 saturated heterocycles. The van der Waals surface area contributed by atoms with Crippen LogP contribution in [0, 0.1) is 0 Å². The van der Waals surface area contributed by atoms with Crippen molar-refractivity contribution in [2.75, 3.05) is 26.4 Å². The van der Waals surface area contributed by atoms with E-state index in [1.165, 1.54) is 6.26 Å². The standard InChI is InChI=1S/C10H22N2O3S/c1-6-11-10(13)7-12(4)8(2)9(3)16(5,14)15/h8-9H,6-7H2,1-5H3,(H,11,13)/t8-,9+/m1/s1. The zero-order valence-electron chi connectivity index (χ0n) is 10.6. The zero-order chi connectivity index (χ0) is 12.9. The fourth-order valence-electron chi connectivity index (χ4n) is 1.34. The van der Waals surface area contributed by atoms with Crippen molar-refractivity contribution in [2.24, 2.45) is 0 Å². The molecule has 0 saturated carbocycles. The monoisotopic (exact) mass is 250 g/mol. The Morgan fingerprint density at radius 1 is 1.38 bits per heavy atom. The van der Waals surface area contributed by atoms with Crippen molar-refractivity contribution in [2.45, 2.75) is 32.1 Å². The molecule has 0 aromatic heterocycles. The molecule has 5 nitrogen and oxygen atoms in total. The summed E-state index contributed by atoms with van der Waals surface area (Å²) in [5.41, 5.74) is 0. The molecular weight excluding hydrogens is 228 g/mol. The third-order valence-electron chi connectivity index (χ3n) is 2.82. The molecule has 0 aliphatic heterocycles. The van der Waals surface area contributed by atoms with Crippen LogP contribution in [0.1, 0.15) is 20.8 Å². The van der Waals surface area contributed by atoms with Crippen LogP contribution in [0.3, 0.4) is 0 Å². The number of nitrogens with zero attached hydrogens (tertiary/aromatic N) is 1. The van der Waals surface area contributed by atoms with Crippen molar-refractivity contribution in [3.8, 4) is 0 Å². The van der Waals surface area contributed by atoms with Gasteiger partial charge < -0.3 is 5.32 Å². The molecule has 0 rings (SSSR count). The molecule has 2 atom stereocenters. The second kappa shape index (κ2) is 6.20. The summed E-state index contributed by atoms with van der Waals surface area (Å²) in [5.74, 6) is -0.0856. The topological polar surface area (TPSA) is 66.5 Å². The van der Waals surface area contributed by atoms with Gasteiger partial charge in [-0.05, 0) is 27.8 Å². The molecule has 0 aromatic carbocycles. The third kappa shape index (κ3) is 4.94. The van der Waals surface area contributed by atoms with Crippen LogP contribution in [0.2, 0.25) is 0 Å². The van der Waals surface area contributed by atoms with Gasteiger partial charge in [0.25, 0.3) is 0 Å². The summed E-state index contributed by atoms with van der Waals surface area (Å²) in [5, 5.41) is 2.20. The van der Waals surface area contributed by atoms with Gasteiger partial charge in [0.15, 0.2) is 9.84 Å². The maximum Gasteiger partial charge on any atom is 0.234 e. The first-order chi connectivity index (χ1) is 7.20. The number of carbonyl (C=O) groups excluding carboxylic acids is 1. The maximum atomic E-state index is 11.4. The minimum atomic E-state index is -3.07. The predicted octanol–water partition coefficient (Wildman–Crippen LogP) is -0.124. The van der Waals surface area contributed by atoms with Crippen LogP contribution < -0.4 is 5.32 Å². The van der Waals surface area contributed by atoms with E-state index in [-0.39, 0.29) is 18.5 Å². The minimum Gasteiger partial charge on any atom is -0.355 e. The van der Waals surface area contributed by atoms with Crippen molar-refractivity contribution < 1.29 is 13.2 Å². The number of sulfone groups is 1.